The molecule has 1 aromatic carbocycles. The van der Waals surface area contributed by atoms with E-state index in [-0.39, 0.29) is 11.3 Å². The molecular weight excluding hydrogens is 456 g/mol. The lowest BCUT2D eigenvalue weighted by Crippen LogP contribution is -2.59. The third-order valence-electron chi connectivity index (χ3n) is 7.61. The molecule has 0 unspecified atom stereocenters. The van der Waals surface area contributed by atoms with Crippen LogP contribution in [0.5, 0.6) is 0 Å². The molecule has 0 saturated carbocycles. The predicted octanol–water partition coefficient (Wildman–Crippen LogP) is 2.94. The third kappa shape index (κ3) is 3.58. The minimum absolute atomic E-state index is 0.0245. The summed E-state index contributed by atoms with van der Waals surface area (Å²) >= 11 is 0. The molecule has 3 fully saturated rings. The molecule has 3 aliphatic rings. The molecule has 184 valence electrons. The highest BCUT2D eigenvalue weighted by Gasteiger charge is 2.49. The summed E-state index contributed by atoms with van der Waals surface area (Å²) in [5.41, 5.74) is 3.97. The molecule has 0 aliphatic carbocycles. The van der Waals surface area contributed by atoms with Gasteiger partial charge in [-0.2, -0.15) is 5.10 Å². The maximum absolute atomic E-state index is 12.0. The molecule has 2 aromatic heterocycles. The Morgan fingerprint density at radius 1 is 1.19 bits per heavy atom. The zero-order chi connectivity index (χ0) is 24.9. The van der Waals surface area contributed by atoms with Crippen molar-refractivity contribution in [2.24, 2.45) is 5.41 Å². The number of aromatic amines is 1. The van der Waals surface area contributed by atoms with Gasteiger partial charge in [0.15, 0.2) is 0 Å². The van der Waals surface area contributed by atoms with E-state index in [1.54, 1.807) is 6.20 Å². The van der Waals surface area contributed by atoms with Crippen LogP contribution >= 0.6 is 0 Å². The van der Waals surface area contributed by atoms with Crippen LogP contribution in [0, 0.1) is 18.9 Å². The average molecular weight is 485 g/mol. The van der Waals surface area contributed by atoms with Crippen LogP contribution in [0.2, 0.25) is 0 Å². The molecule has 3 aliphatic heterocycles. The Hall–Kier alpha value is -3.97. The van der Waals surface area contributed by atoms with E-state index < -0.39 is 0 Å². The standard InChI is InChI=1S/C26H28N8O2/c1-4-20(35)34-15-26(16-34)7-8-33(14-26)24-23(27-3)22(29-25(30-24)32-9-11-36-12-10-32)21-17(2)5-6-19-18(21)13-28-31-19/h4-6,13H,1,7-12,14-16H2,2H3,(H,28,31). The molecule has 0 atom stereocenters. The first-order chi connectivity index (χ1) is 17.5. The zero-order valence-corrected chi connectivity index (χ0v) is 20.3. The van der Waals surface area contributed by atoms with Crippen LogP contribution in [-0.4, -0.2) is 83.5 Å². The van der Waals surface area contributed by atoms with Gasteiger partial charge >= 0.3 is 0 Å². The normalized spacial score (nSPS) is 18.9. The van der Waals surface area contributed by atoms with E-state index in [4.69, 9.17) is 21.3 Å². The Balaban J connectivity index is 1.45. The van der Waals surface area contributed by atoms with Gasteiger partial charge in [-0.15, -0.1) is 0 Å². The molecule has 0 bridgehead atoms. The number of anilines is 2. The Labute approximate surface area is 209 Å². The number of benzene rings is 1. The second-order valence-electron chi connectivity index (χ2n) is 9.91. The fraction of sp³-hybridized carbons (Fsp3) is 0.423. The number of likely N-dealkylation sites (tertiary alicyclic amines) is 1. The van der Waals surface area contributed by atoms with Crippen LogP contribution in [0.15, 0.2) is 31.0 Å². The molecule has 6 rings (SSSR count). The smallest absolute Gasteiger partial charge is 0.254 e. The van der Waals surface area contributed by atoms with Gasteiger partial charge in [-0.1, -0.05) is 12.6 Å². The van der Waals surface area contributed by atoms with E-state index in [9.17, 15) is 4.79 Å². The molecule has 5 heterocycles. The number of aromatic nitrogens is 4. The van der Waals surface area contributed by atoms with Crippen molar-refractivity contribution in [2.45, 2.75) is 13.3 Å². The summed E-state index contributed by atoms with van der Waals surface area (Å²) in [5.74, 6) is 1.26. The SMILES string of the molecule is [C-]#[N+]c1c(-c2c(C)ccc3[nH]ncc23)nc(N2CCOCC2)nc1N1CCC2(CN(C(=O)C=C)C2)C1. The minimum Gasteiger partial charge on any atom is -0.378 e. The van der Waals surface area contributed by atoms with E-state index in [0.717, 1.165) is 41.5 Å². The molecule has 0 radical (unpaired) electrons. The topological polar surface area (TPSA) is 94.8 Å². The summed E-state index contributed by atoms with van der Waals surface area (Å²) in [5, 5.41) is 8.22. The molecule has 10 nitrogen and oxygen atoms in total. The van der Waals surface area contributed by atoms with Crippen molar-refractivity contribution < 1.29 is 9.53 Å². The predicted molar refractivity (Wildman–Crippen MR) is 137 cm³/mol. The number of nitrogens with zero attached hydrogens (tertiary/aromatic N) is 7. The van der Waals surface area contributed by atoms with Crippen molar-refractivity contribution in [1.82, 2.24) is 25.1 Å². The minimum atomic E-state index is -0.0245. The number of rotatable bonds is 4. The second kappa shape index (κ2) is 8.60. The summed E-state index contributed by atoms with van der Waals surface area (Å²) in [7, 11) is 0. The second-order valence-corrected chi connectivity index (χ2v) is 9.91. The molecule has 1 amide bonds. The number of carbonyl (C=O) groups is 1. The number of amides is 1. The lowest BCUT2D eigenvalue weighted by molar-refractivity contribution is -0.136. The number of fused-ring (bicyclic) bond motifs is 1. The van der Waals surface area contributed by atoms with Gasteiger partial charge in [0.25, 0.3) is 5.69 Å². The van der Waals surface area contributed by atoms with Crippen LogP contribution in [0.1, 0.15) is 12.0 Å². The van der Waals surface area contributed by atoms with E-state index in [1.807, 2.05) is 24.0 Å². The lowest BCUT2D eigenvalue weighted by Gasteiger charge is -2.47. The van der Waals surface area contributed by atoms with Crippen LogP contribution in [0.25, 0.3) is 27.0 Å². The van der Waals surface area contributed by atoms with Gasteiger partial charge in [0.1, 0.15) is 5.82 Å². The Bertz CT molecular complexity index is 1390. The number of ether oxygens (including phenoxy) is 1. The van der Waals surface area contributed by atoms with Crippen LogP contribution < -0.4 is 9.80 Å². The number of H-pyrrole nitrogens is 1. The molecule has 3 aromatic rings. The molecule has 36 heavy (non-hydrogen) atoms. The third-order valence-corrected chi connectivity index (χ3v) is 7.61. The van der Waals surface area contributed by atoms with Crippen molar-refractivity contribution in [3.05, 3.63) is 48.0 Å². The van der Waals surface area contributed by atoms with E-state index in [1.165, 1.54) is 6.08 Å². The first-order valence-electron chi connectivity index (χ1n) is 12.2. The largest absolute Gasteiger partial charge is 0.378 e. The first kappa shape index (κ1) is 22.5. The van der Waals surface area contributed by atoms with E-state index in [0.29, 0.717) is 62.5 Å². The highest BCUT2D eigenvalue weighted by atomic mass is 16.5. The number of morpholine rings is 1. The van der Waals surface area contributed by atoms with E-state index >= 15 is 0 Å². The summed E-state index contributed by atoms with van der Waals surface area (Å²) in [6.07, 6.45) is 4.13. The number of carbonyl (C=O) groups excluding carboxylic acids is 1. The highest BCUT2D eigenvalue weighted by Crippen LogP contribution is 2.46. The average Bonchev–Trinajstić information content (AvgIpc) is 3.55. The van der Waals surface area contributed by atoms with Crippen molar-refractivity contribution in [3.63, 3.8) is 0 Å². The molecule has 1 N–H and O–H groups in total. The van der Waals surface area contributed by atoms with E-state index in [2.05, 4.69) is 31.4 Å². The molecule has 3 saturated heterocycles. The number of nitrogens with one attached hydrogen (secondary N) is 1. The Morgan fingerprint density at radius 3 is 2.75 bits per heavy atom. The zero-order valence-electron chi connectivity index (χ0n) is 20.3. The van der Waals surface area contributed by atoms with Crippen LogP contribution in [0.4, 0.5) is 17.5 Å². The monoisotopic (exact) mass is 484 g/mol. The molecular formula is C26H28N8O2. The Morgan fingerprint density at radius 2 is 2.00 bits per heavy atom. The fourth-order valence-corrected chi connectivity index (χ4v) is 5.70. The quantitative estimate of drug-likeness (QED) is 0.449. The van der Waals surface area contributed by atoms with Crippen molar-refractivity contribution >= 4 is 34.3 Å². The van der Waals surface area contributed by atoms with Crippen LogP contribution in [-0.2, 0) is 9.53 Å². The van der Waals surface area contributed by atoms with Crippen LogP contribution in [0.3, 0.4) is 0 Å². The molecule has 1 spiro atoms. The van der Waals surface area contributed by atoms with Gasteiger partial charge in [0.2, 0.25) is 11.9 Å². The van der Waals surface area contributed by atoms with Crippen molar-refractivity contribution in [1.29, 1.82) is 0 Å². The van der Waals surface area contributed by atoms with Gasteiger partial charge < -0.3 is 19.4 Å². The van der Waals surface area contributed by atoms with Gasteiger partial charge in [-0.25, -0.2) is 14.8 Å². The summed E-state index contributed by atoms with van der Waals surface area (Å²) < 4.78 is 5.56. The number of hydrogen-bond donors (Lipinski definition) is 1. The summed E-state index contributed by atoms with van der Waals surface area (Å²) in [6.45, 7) is 19.4. The summed E-state index contributed by atoms with van der Waals surface area (Å²) in [6, 6.07) is 4.03. The van der Waals surface area contributed by atoms with Gasteiger partial charge in [-0.05, 0) is 31.1 Å². The van der Waals surface area contributed by atoms with Crippen molar-refractivity contribution in [3.8, 4) is 11.3 Å². The first-order valence-corrected chi connectivity index (χ1v) is 12.2. The Kier molecular flexibility index (Phi) is 5.38. The summed E-state index contributed by atoms with van der Waals surface area (Å²) in [4.78, 5) is 32.2. The van der Waals surface area contributed by atoms with Gasteiger partial charge in [0.05, 0.1) is 37.2 Å². The lowest BCUT2D eigenvalue weighted by atomic mass is 9.79. The molecule has 10 heteroatoms. The fourth-order valence-electron chi connectivity index (χ4n) is 5.70. The maximum atomic E-state index is 12.0. The van der Waals surface area contributed by atoms with Crippen molar-refractivity contribution in [2.75, 3.05) is 62.3 Å². The highest BCUT2D eigenvalue weighted by molar-refractivity contribution is 6.00. The van der Waals surface area contributed by atoms with Gasteiger partial charge in [0, 0.05) is 55.6 Å². The van der Waals surface area contributed by atoms with Gasteiger partial charge in [-0.3, -0.25) is 9.89 Å². The maximum Gasteiger partial charge on any atom is 0.254 e. The number of aryl methyl sites for hydroxylation is 1. The number of hydrogen-bond acceptors (Lipinski definition) is 7.